The maximum Gasteiger partial charge on any atom is 0.0672 e. The molecule has 0 bridgehead atoms. The van der Waals surface area contributed by atoms with Crippen LogP contribution in [-0.2, 0) is 4.74 Å². The lowest BCUT2D eigenvalue weighted by Gasteiger charge is -2.45. The summed E-state index contributed by atoms with van der Waals surface area (Å²) in [4.78, 5) is 2.61. The van der Waals surface area contributed by atoms with E-state index in [0.717, 1.165) is 25.5 Å². The van der Waals surface area contributed by atoms with Crippen LogP contribution in [0.4, 0.5) is 0 Å². The number of nitriles is 1. The highest BCUT2D eigenvalue weighted by atomic mass is 16.5. The van der Waals surface area contributed by atoms with E-state index < -0.39 is 0 Å². The lowest BCUT2D eigenvalue weighted by Crippen LogP contribution is -2.48. The molecule has 21 heavy (non-hydrogen) atoms. The molecule has 120 valence electrons. The fourth-order valence-corrected chi connectivity index (χ4v) is 3.88. The summed E-state index contributed by atoms with van der Waals surface area (Å²) in [5.74, 6) is 0.965. The van der Waals surface area contributed by atoms with Gasteiger partial charge in [0.15, 0.2) is 0 Å². The second-order valence-electron chi connectivity index (χ2n) is 7.62. The molecular weight excluding hydrogens is 260 g/mol. The van der Waals surface area contributed by atoms with Gasteiger partial charge in [-0.15, -0.1) is 0 Å². The van der Waals surface area contributed by atoms with Gasteiger partial charge in [-0.05, 0) is 43.4 Å². The van der Waals surface area contributed by atoms with Gasteiger partial charge in [-0.2, -0.15) is 5.26 Å². The Kier molecular flexibility index (Phi) is 5.68. The second-order valence-corrected chi connectivity index (χ2v) is 7.62. The van der Waals surface area contributed by atoms with Gasteiger partial charge in [0.1, 0.15) is 0 Å². The number of hydrogen-bond donors (Lipinski definition) is 0. The Bertz CT molecular complexity index is 370. The van der Waals surface area contributed by atoms with Gasteiger partial charge in [-0.1, -0.05) is 27.2 Å². The zero-order valence-corrected chi connectivity index (χ0v) is 14.3. The minimum atomic E-state index is 0.214. The summed E-state index contributed by atoms with van der Waals surface area (Å²) >= 11 is 0. The molecule has 0 saturated heterocycles. The molecule has 2 rings (SSSR count). The number of rotatable bonds is 7. The van der Waals surface area contributed by atoms with Crippen molar-refractivity contribution in [3.05, 3.63) is 0 Å². The molecule has 2 aliphatic rings. The summed E-state index contributed by atoms with van der Waals surface area (Å²) in [6.07, 6.45) is 7.33. The number of hydrogen-bond acceptors (Lipinski definition) is 3. The highest BCUT2D eigenvalue weighted by Gasteiger charge is 2.43. The van der Waals surface area contributed by atoms with Crippen molar-refractivity contribution in [2.24, 2.45) is 17.3 Å². The number of nitrogens with zero attached hydrogens (tertiary/aromatic N) is 2. The molecule has 0 aromatic rings. The van der Waals surface area contributed by atoms with Gasteiger partial charge in [0.2, 0.25) is 0 Å². The normalized spacial score (nSPS) is 30.4. The SMILES string of the molecule is CCC(C)(C)C1CCC(C#N)C(N(CCOC)C2CC2)C1. The third-order valence-electron chi connectivity index (χ3n) is 5.99. The van der Waals surface area contributed by atoms with Crippen LogP contribution in [0.15, 0.2) is 0 Å². The van der Waals surface area contributed by atoms with Crippen molar-refractivity contribution in [1.29, 1.82) is 5.26 Å². The van der Waals surface area contributed by atoms with Gasteiger partial charge < -0.3 is 4.74 Å². The first kappa shape index (κ1) is 16.8. The van der Waals surface area contributed by atoms with Crippen LogP contribution in [0, 0.1) is 28.6 Å². The third kappa shape index (κ3) is 3.99. The Labute approximate surface area is 130 Å². The zero-order chi connectivity index (χ0) is 15.5. The van der Waals surface area contributed by atoms with Crippen LogP contribution in [0.5, 0.6) is 0 Å². The summed E-state index contributed by atoms with van der Waals surface area (Å²) in [5, 5.41) is 9.58. The van der Waals surface area contributed by atoms with Gasteiger partial charge in [-0.3, -0.25) is 4.90 Å². The Morgan fingerprint density at radius 2 is 1.95 bits per heavy atom. The van der Waals surface area contributed by atoms with Gasteiger partial charge in [0, 0.05) is 25.7 Å². The first-order valence-electron chi connectivity index (χ1n) is 8.67. The quantitative estimate of drug-likeness (QED) is 0.715. The molecule has 2 saturated carbocycles. The lowest BCUT2D eigenvalue weighted by atomic mass is 9.66. The molecule has 0 N–H and O–H groups in total. The minimum absolute atomic E-state index is 0.214. The highest BCUT2D eigenvalue weighted by molar-refractivity contribution is 5.02. The molecule has 0 amide bonds. The summed E-state index contributed by atoms with van der Waals surface area (Å²) in [5.41, 5.74) is 0.398. The molecule has 3 nitrogen and oxygen atoms in total. The smallest absolute Gasteiger partial charge is 0.0672 e. The Morgan fingerprint density at radius 1 is 1.24 bits per heavy atom. The summed E-state index contributed by atoms with van der Waals surface area (Å²) < 4.78 is 5.30. The predicted octanol–water partition coefficient (Wildman–Crippen LogP) is 3.84. The monoisotopic (exact) mass is 292 g/mol. The van der Waals surface area contributed by atoms with E-state index in [1.807, 2.05) is 0 Å². The van der Waals surface area contributed by atoms with Crippen LogP contribution >= 0.6 is 0 Å². The minimum Gasteiger partial charge on any atom is -0.383 e. The van der Waals surface area contributed by atoms with Crippen molar-refractivity contribution >= 4 is 0 Å². The summed E-state index contributed by atoms with van der Waals surface area (Å²) in [7, 11) is 1.77. The Morgan fingerprint density at radius 3 is 2.48 bits per heavy atom. The van der Waals surface area contributed by atoms with Crippen LogP contribution in [0.3, 0.4) is 0 Å². The molecule has 0 spiro atoms. The molecule has 0 aromatic carbocycles. The Balaban J connectivity index is 2.09. The molecule has 0 radical (unpaired) electrons. The van der Waals surface area contributed by atoms with Gasteiger partial charge in [0.05, 0.1) is 18.6 Å². The van der Waals surface area contributed by atoms with Gasteiger partial charge in [-0.25, -0.2) is 0 Å². The summed E-state index contributed by atoms with van der Waals surface area (Å²) in [6, 6.07) is 3.76. The summed E-state index contributed by atoms with van der Waals surface area (Å²) in [6.45, 7) is 8.88. The van der Waals surface area contributed by atoms with E-state index in [0.29, 0.717) is 17.5 Å². The van der Waals surface area contributed by atoms with Crippen LogP contribution in [0.1, 0.15) is 59.3 Å². The highest BCUT2D eigenvalue weighted by Crippen LogP contribution is 2.45. The van der Waals surface area contributed by atoms with Gasteiger partial charge >= 0.3 is 0 Å². The van der Waals surface area contributed by atoms with E-state index in [4.69, 9.17) is 4.74 Å². The predicted molar refractivity (Wildman–Crippen MR) is 85.9 cm³/mol. The van der Waals surface area contributed by atoms with E-state index >= 15 is 0 Å². The topological polar surface area (TPSA) is 36.3 Å². The van der Waals surface area contributed by atoms with Crippen molar-refractivity contribution < 1.29 is 4.74 Å². The maximum atomic E-state index is 9.58. The molecule has 3 atom stereocenters. The average molecular weight is 292 g/mol. The van der Waals surface area contributed by atoms with E-state index in [1.165, 1.54) is 32.1 Å². The van der Waals surface area contributed by atoms with Crippen molar-refractivity contribution in [3.63, 3.8) is 0 Å². The molecule has 0 aliphatic heterocycles. The fourth-order valence-electron chi connectivity index (χ4n) is 3.88. The largest absolute Gasteiger partial charge is 0.383 e. The van der Waals surface area contributed by atoms with Gasteiger partial charge in [0.25, 0.3) is 0 Å². The molecule has 0 aromatic heterocycles. The van der Waals surface area contributed by atoms with Crippen LogP contribution in [0.25, 0.3) is 0 Å². The second kappa shape index (κ2) is 7.11. The molecule has 2 aliphatic carbocycles. The first-order chi connectivity index (χ1) is 10.0. The lowest BCUT2D eigenvalue weighted by molar-refractivity contribution is 0.0326. The van der Waals surface area contributed by atoms with Crippen LogP contribution in [0.2, 0.25) is 0 Å². The molecular formula is C18H32N2O. The number of methoxy groups -OCH3 is 1. The van der Waals surface area contributed by atoms with Crippen molar-refractivity contribution in [1.82, 2.24) is 4.90 Å². The standard InChI is InChI=1S/C18H32N2O/c1-5-18(2,3)15-7-6-14(13-19)17(12-15)20(10-11-21-4)16-8-9-16/h14-17H,5-12H2,1-4H3. The van der Waals surface area contributed by atoms with Crippen molar-refractivity contribution in [2.75, 3.05) is 20.3 Å². The average Bonchev–Trinajstić information content (AvgIpc) is 3.32. The van der Waals surface area contributed by atoms with Crippen molar-refractivity contribution in [2.45, 2.75) is 71.4 Å². The number of ether oxygens (including phenoxy) is 1. The van der Waals surface area contributed by atoms with E-state index in [-0.39, 0.29) is 5.92 Å². The third-order valence-corrected chi connectivity index (χ3v) is 5.99. The molecule has 2 fully saturated rings. The van der Waals surface area contributed by atoms with Crippen molar-refractivity contribution in [3.8, 4) is 6.07 Å². The van der Waals surface area contributed by atoms with E-state index in [9.17, 15) is 5.26 Å². The molecule has 0 heterocycles. The Hall–Kier alpha value is -0.590. The van der Waals surface area contributed by atoms with Crippen LogP contribution in [-0.4, -0.2) is 37.2 Å². The fraction of sp³-hybridized carbons (Fsp3) is 0.944. The van der Waals surface area contributed by atoms with E-state index in [1.54, 1.807) is 7.11 Å². The van der Waals surface area contributed by atoms with E-state index in [2.05, 4.69) is 31.7 Å². The zero-order valence-electron chi connectivity index (χ0n) is 14.3. The first-order valence-corrected chi connectivity index (χ1v) is 8.67. The molecule has 3 heteroatoms. The van der Waals surface area contributed by atoms with Crippen LogP contribution < -0.4 is 0 Å². The molecule has 3 unspecified atom stereocenters. The maximum absolute atomic E-state index is 9.58.